The van der Waals surface area contributed by atoms with Crippen molar-refractivity contribution in [3.05, 3.63) is 16.4 Å². The number of carbonyl (C=O) groups is 1. The molecule has 1 aromatic heterocycles. The Morgan fingerprint density at radius 3 is 2.89 bits per heavy atom. The minimum atomic E-state index is 0.0760. The smallest absolute Gasteiger partial charge is 0.196 e. The summed E-state index contributed by atoms with van der Waals surface area (Å²) in [6, 6.07) is 0. The standard InChI is InChI=1S/C12H17BrN2OS2/c1-3-9-12(18-6-5-17-9)11(16)10-8(13)7-14-15(10)4-2/h7,9,12H,3-6H2,1-2H3. The number of hydrogen-bond donors (Lipinski definition) is 0. The van der Waals surface area contributed by atoms with Gasteiger partial charge in [-0.3, -0.25) is 9.48 Å². The molecule has 0 saturated carbocycles. The Bertz CT molecular complexity index is 436. The second-order valence-electron chi connectivity index (χ2n) is 4.13. The SMILES string of the molecule is CCC1SCCSC1C(=O)c1c(Br)cnn1CC. The van der Waals surface area contributed by atoms with Crippen LogP contribution in [0.4, 0.5) is 0 Å². The first-order chi connectivity index (χ1) is 8.69. The van der Waals surface area contributed by atoms with Crippen LogP contribution >= 0.6 is 39.5 Å². The molecule has 1 aliphatic heterocycles. The number of rotatable bonds is 4. The van der Waals surface area contributed by atoms with Crippen LogP contribution in [-0.4, -0.2) is 37.6 Å². The van der Waals surface area contributed by atoms with Crippen molar-refractivity contribution in [3.8, 4) is 0 Å². The molecule has 6 heteroatoms. The molecule has 2 atom stereocenters. The number of aromatic nitrogens is 2. The molecule has 0 N–H and O–H groups in total. The van der Waals surface area contributed by atoms with Crippen molar-refractivity contribution in [2.45, 2.75) is 37.3 Å². The Morgan fingerprint density at radius 1 is 1.50 bits per heavy atom. The van der Waals surface area contributed by atoms with Crippen LogP contribution in [-0.2, 0) is 6.54 Å². The molecule has 0 bridgehead atoms. The van der Waals surface area contributed by atoms with E-state index in [1.165, 1.54) is 0 Å². The minimum Gasteiger partial charge on any atom is -0.291 e. The number of ketones is 1. The molecular formula is C12H17BrN2OS2. The van der Waals surface area contributed by atoms with Crippen LogP contribution in [0.25, 0.3) is 0 Å². The third kappa shape index (κ3) is 2.80. The molecule has 1 fully saturated rings. The first-order valence-electron chi connectivity index (χ1n) is 6.17. The molecule has 2 heterocycles. The van der Waals surface area contributed by atoms with E-state index < -0.39 is 0 Å². The molecule has 1 aliphatic rings. The van der Waals surface area contributed by atoms with Gasteiger partial charge in [-0.05, 0) is 29.3 Å². The van der Waals surface area contributed by atoms with Crippen molar-refractivity contribution in [1.29, 1.82) is 0 Å². The Labute approximate surface area is 125 Å². The van der Waals surface area contributed by atoms with E-state index in [1.807, 2.05) is 18.7 Å². The highest BCUT2D eigenvalue weighted by molar-refractivity contribution is 9.10. The fourth-order valence-electron chi connectivity index (χ4n) is 2.13. The monoisotopic (exact) mass is 348 g/mol. The van der Waals surface area contributed by atoms with Gasteiger partial charge in [-0.1, -0.05) is 6.92 Å². The quantitative estimate of drug-likeness (QED) is 0.780. The lowest BCUT2D eigenvalue weighted by molar-refractivity contribution is 0.0977. The third-order valence-corrected chi connectivity index (χ3v) is 6.86. The van der Waals surface area contributed by atoms with Gasteiger partial charge in [0.25, 0.3) is 0 Å². The molecule has 1 saturated heterocycles. The van der Waals surface area contributed by atoms with Crippen molar-refractivity contribution in [3.63, 3.8) is 0 Å². The zero-order chi connectivity index (χ0) is 13.1. The van der Waals surface area contributed by atoms with Gasteiger partial charge in [0.05, 0.1) is 15.9 Å². The van der Waals surface area contributed by atoms with Crippen molar-refractivity contribution < 1.29 is 4.79 Å². The molecule has 0 amide bonds. The summed E-state index contributed by atoms with van der Waals surface area (Å²) in [6.45, 7) is 4.90. The zero-order valence-electron chi connectivity index (χ0n) is 10.6. The van der Waals surface area contributed by atoms with E-state index >= 15 is 0 Å². The average molecular weight is 349 g/mol. The largest absolute Gasteiger partial charge is 0.291 e. The summed E-state index contributed by atoms with van der Waals surface area (Å²) in [4.78, 5) is 12.7. The summed E-state index contributed by atoms with van der Waals surface area (Å²) in [5.74, 6) is 2.45. The second kappa shape index (κ2) is 6.48. The Balaban J connectivity index is 2.26. The molecule has 2 rings (SSSR count). The summed E-state index contributed by atoms with van der Waals surface area (Å²) in [5.41, 5.74) is 0.732. The third-order valence-electron chi connectivity index (χ3n) is 3.04. The van der Waals surface area contributed by atoms with E-state index in [9.17, 15) is 4.79 Å². The maximum absolute atomic E-state index is 12.7. The molecule has 100 valence electrons. The molecule has 0 aliphatic carbocycles. The van der Waals surface area contributed by atoms with E-state index in [0.717, 1.165) is 34.6 Å². The van der Waals surface area contributed by atoms with Crippen LogP contribution < -0.4 is 0 Å². The predicted octanol–water partition coefficient (Wildman–Crippen LogP) is 3.48. The normalized spacial score (nSPS) is 24.2. The first kappa shape index (κ1) is 14.5. The van der Waals surface area contributed by atoms with Crippen molar-refractivity contribution in [2.24, 2.45) is 0 Å². The number of nitrogens with zero attached hydrogens (tertiary/aromatic N) is 2. The van der Waals surface area contributed by atoms with Gasteiger partial charge < -0.3 is 0 Å². The maximum atomic E-state index is 12.7. The Kier molecular flexibility index (Phi) is 5.21. The van der Waals surface area contributed by atoms with Gasteiger partial charge >= 0.3 is 0 Å². The van der Waals surface area contributed by atoms with Gasteiger partial charge in [-0.25, -0.2) is 0 Å². The maximum Gasteiger partial charge on any atom is 0.196 e. The highest BCUT2D eigenvalue weighted by Gasteiger charge is 2.34. The fraction of sp³-hybridized carbons (Fsp3) is 0.667. The number of aryl methyl sites for hydroxylation is 1. The van der Waals surface area contributed by atoms with Crippen LogP contribution in [0.1, 0.15) is 30.8 Å². The van der Waals surface area contributed by atoms with Gasteiger partial charge in [-0.2, -0.15) is 16.9 Å². The summed E-state index contributed by atoms with van der Waals surface area (Å²) < 4.78 is 2.61. The zero-order valence-corrected chi connectivity index (χ0v) is 13.8. The van der Waals surface area contributed by atoms with E-state index in [2.05, 4.69) is 28.0 Å². The van der Waals surface area contributed by atoms with Crippen molar-refractivity contribution >= 4 is 45.2 Å². The highest BCUT2D eigenvalue weighted by Crippen LogP contribution is 2.36. The first-order valence-corrected chi connectivity index (χ1v) is 9.06. The minimum absolute atomic E-state index is 0.0760. The van der Waals surface area contributed by atoms with Gasteiger partial charge in [0.2, 0.25) is 0 Å². The predicted molar refractivity (Wildman–Crippen MR) is 82.7 cm³/mol. The van der Waals surface area contributed by atoms with Crippen LogP contribution in [0.5, 0.6) is 0 Å². The van der Waals surface area contributed by atoms with Crippen molar-refractivity contribution in [1.82, 2.24) is 9.78 Å². The highest BCUT2D eigenvalue weighted by atomic mass is 79.9. The number of Topliss-reactive ketones (excluding diaryl/α,β-unsaturated/α-hetero) is 1. The van der Waals surface area contributed by atoms with E-state index in [0.29, 0.717) is 5.25 Å². The topological polar surface area (TPSA) is 34.9 Å². The molecule has 2 unspecified atom stereocenters. The van der Waals surface area contributed by atoms with Crippen LogP contribution in [0, 0.1) is 0 Å². The number of halogens is 1. The van der Waals surface area contributed by atoms with Gasteiger partial charge in [0.15, 0.2) is 5.78 Å². The van der Waals surface area contributed by atoms with Crippen LogP contribution in [0.2, 0.25) is 0 Å². The number of thioether (sulfide) groups is 2. The molecule has 0 aromatic carbocycles. The van der Waals surface area contributed by atoms with E-state index in [1.54, 1.807) is 22.6 Å². The Morgan fingerprint density at radius 2 is 2.22 bits per heavy atom. The van der Waals surface area contributed by atoms with Gasteiger partial charge in [0.1, 0.15) is 5.69 Å². The lowest BCUT2D eigenvalue weighted by Crippen LogP contribution is -2.34. The molecule has 18 heavy (non-hydrogen) atoms. The van der Waals surface area contributed by atoms with Crippen LogP contribution in [0.15, 0.2) is 10.7 Å². The van der Waals surface area contributed by atoms with Gasteiger partial charge in [-0.15, -0.1) is 11.8 Å². The lowest BCUT2D eigenvalue weighted by atomic mass is 10.1. The molecule has 1 aromatic rings. The second-order valence-corrected chi connectivity index (χ2v) is 7.58. The van der Waals surface area contributed by atoms with E-state index in [-0.39, 0.29) is 11.0 Å². The summed E-state index contributed by atoms with van der Waals surface area (Å²) >= 11 is 7.17. The molecular weight excluding hydrogens is 332 g/mol. The van der Waals surface area contributed by atoms with Gasteiger partial charge in [0, 0.05) is 23.3 Å². The summed E-state index contributed by atoms with van der Waals surface area (Å²) in [5, 5.41) is 4.74. The summed E-state index contributed by atoms with van der Waals surface area (Å²) in [6.07, 6.45) is 2.77. The number of hydrogen-bond acceptors (Lipinski definition) is 4. The number of carbonyl (C=O) groups excluding carboxylic acids is 1. The fourth-order valence-corrected chi connectivity index (χ4v) is 5.62. The molecule has 3 nitrogen and oxygen atoms in total. The average Bonchev–Trinajstić information content (AvgIpc) is 2.79. The Hall–Kier alpha value is 0.0600. The van der Waals surface area contributed by atoms with Crippen molar-refractivity contribution in [2.75, 3.05) is 11.5 Å². The molecule has 0 spiro atoms. The van der Waals surface area contributed by atoms with E-state index in [4.69, 9.17) is 0 Å². The molecule has 0 radical (unpaired) electrons. The lowest BCUT2D eigenvalue weighted by Gasteiger charge is -2.28. The van der Waals surface area contributed by atoms with Crippen LogP contribution in [0.3, 0.4) is 0 Å². The summed E-state index contributed by atoms with van der Waals surface area (Å²) in [7, 11) is 0.